The summed E-state index contributed by atoms with van der Waals surface area (Å²) < 4.78 is 5.70. The SMILES string of the molecule is C[C@@H](N)C(=O)NC[C@@H]1C[C@@H]2CC[C@H]1O2. The molecule has 14 heavy (non-hydrogen) atoms. The van der Waals surface area contributed by atoms with Gasteiger partial charge in [-0.05, 0) is 26.2 Å². The molecule has 0 spiro atoms. The molecule has 4 atom stereocenters. The smallest absolute Gasteiger partial charge is 0.236 e. The number of nitrogens with one attached hydrogen (secondary N) is 1. The summed E-state index contributed by atoms with van der Waals surface area (Å²) in [5.41, 5.74) is 5.45. The normalized spacial score (nSPS) is 37.1. The molecule has 4 nitrogen and oxygen atoms in total. The molecule has 0 aromatic heterocycles. The second-order valence-electron chi connectivity index (χ2n) is 4.40. The first kappa shape index (κ1) is 9.93. The molecule has 2 aliphatic heterocycles. The summed E-state index contributed by atoms with van der Waals surface area (Å²) in [4.78, 5) is 11.2. The maximum absolute atomic E-state index is 11.2. The fourth-order valence-corrected chi connectivity index (χ4v) is 2.35. The van der Waals surface area contributed by atoms with Crippen molar-refractivity contribution in [2.24, 2.45) is 11.7 Å². The van der Waals surface area contributed by atoms with Crippen molar-refractivity contribution in [2.75, 3.05) is 6.54 Å². The lowest BCUT2D eigenvalue weighted by atomic mass is 9.89. The van der Waals surface area contributed by atoms with E-state index in [2.05, 4.69) is 5.32 Å². The van der Waals surface area contributed by atoms with Crippen LogP contribution in [0.15, 0.2) is 0 Å². The van der Waals surface area contributed by atoms with Gasteiger partial charge in [0.2, 0.25) is 5.91 Å². The zero-order valence-electron chi connectivity index (χ0n) is 8.53. The number of amides is 1. The average Bonchev–Trinajstić information content (AvgIpc) is 2.74. The van der Waals surface area contributed by atoms with Crippen LogP contribution in [0.4, 0.5) is 0 Å². The summed E-state index contributed by atoms with van der Waals surface area (Å²) in [7, 11) is 0. The van der Waals surface area contributed by atoms with Crippen molar-refractivity contribution < 1.29 is 9.53 Å². The molecule has 0 radical (unpaired) electrons. The van der Waals surface area contributed by atoms with E-state index in [-0.39, 0.29) is 5.91 Å². The van der Waals surface area contributed by atoms with Crippen LogP contribution in [0.3, 0.4) is 0 Å². The first-order valence-electron chi connectivity index (χ1n) is 5.35. The highest BCUT2D eigenvalue weighted by Gasteiger charge is 2.40. The quantitative estimate of drug-likeness (QED) is 0.672. The number of hydrogen-bond donors (Lipinski definition) is 2. The minimum atomic E-state index is -0.408. The molecule has 0 aromatic rings. The summed E-state index contributed by atoms with van der Waals surface area (Å²) in [6.45, 7) is 2.42. The van der Waals surface area contributed by atoms with Crippen molar-refractivity contribution >= 4 is 5.91 Å². The largest absolute Gasteiger partial charge is 0.375 e. The fraction of sp³-hybridized carbons (Fsp3) is 0.900. The average molecular weight is 198 g/mol. The van der Waals surface area contributed by atoms with Crippen LogP contribution in [0.1, 0.15) is 26.2 Å². The molecule has 80 valence electrons. The van der Waals surface area contributed by atoms with Gasteiger partial charge in [0.1, 0.15) is 0 Å². The van der Waals surface area contributed by atoms with Gasteiger partial charge in [0.05, 0.1) is 18.2 Å². The van der Waals surface area contributed by atoms with E-state index >= 15 is 0 Å². The van der Waals surface area contributed by atoms with Crippen LogP contribution < -0.4 is 11.1 Å². The van der Waals surface area contributed by atoms with Crippen molar-refractivity contribution in [1.29, 1.82) is 0 Å². The lowest BCUT2D eigenvalue weighted by Gasteiger charge is -2.19. The number of rotatable bonds is 3. The second-order valence-corrected chi connectivity index (χ2v) is 4.40. The van der Waals surface area contributed by atoms with Crippen LogP contribution in [0.5, 0.6) is 0 Å². The van der Waals surface area contributed by atoms with Gasteiger partial charge < -0.3 is 15.8 Å². The summed E-state index contributed by atoms with van der Waals surface area (Å²) in [6, 6.07) is -0.408. The van der Waals surface area contributed by atoms with Crippen molar-refractivity contribution in [3.8, 4) is 0 Å². The van der Waals surface area contributed by atoms with Gasteiger partial charge in [-0.3, -0.25) is 4.79 Å². The molecule has 2 fully saturated rings. The Morgan fingerprint density at radius 3 is 2.93 bits per heavy atom. The number of fused-ring (bicyclic) bond motifs is 2. The predicted octanol–water partition coefficient (Wildman–Crippen LogP) is 0.0173. The van der Waals surface area contributed by atoms with Crippen molar-refractivity contribution in [1.82, 2.24) is 5.32 Å². The summed E-state index contributed by atoms with van der Waals surface area (Å²) in [5.74, 6) is 0.448. The highest BCUT2D eigenvalue weighted by atomic mass is 16.5. The Hall–Kier alpha value is -0.610. The lowest BCUT2D eigenvalue weighted by molar-refractivity contribution is -0.122. The van der Waals surface area contributed by atoms with E-state index in [0.717, 1.165) is 19.4 Å². The lowest BCUT2D eigenvalue weighted by Crippen LogP contribution is -2.41. The van der Waals surface area contributed by atoms with Gasteiger partial charge in [-0.15, -0.1) is 0 Å². The van der Waals surface area contributed by atoms with Crippen LogP contribution >= 0.6 is 0 Å². The Morgan fingerprint density at radius 2 is 2.43 bits per heavy atom. The second kappa shape index (κ2) is 3.87. The van der Waals surface area contributed by atoms with Crippen LogP contribution in [-0.4, -0.2) is 30.7 Å². The molecule has 3 N–H and O–H groups in total. The van der Waals surface area contributed by atoms with E-state index < -0.39 is 6.04 Å². The van der Waals surface area contributed by atoms with Crippen LogP contribution in [0.2, 0.25) is 0 Å². The Balaban J connectivity index is 1.74. The molecule has 0 aliphatic carbocycles. The van der Waals surface area contributed by atoms with E-state index in [1.165, 1.54) is 6.42 Å². The number of hydrogen-bond acceptors (Lipinski definition) is 3. The third-order valence-corrected chi connectivity index (χ3v) is 3.18. The van der Waals surface area contributed by atoms with E-state index in [0.29, 0.717) is 18.1 Å². The maximum atomic E-state index is 11.2. The maximum Gasteiger partial charge on any atom is 0.236 e. The van der Waals surface area contributed by atoms with Crippen molar-refractivity contribution in [3.63, 3.8) is 0 Å². The molecule has 2 rings (SSSR count). The van der Waals surface area contributed by atoms with Gasteiger partial charge in [0.25, 0.3) is 0 Å². The van der Waals surface area contributed by atoms with Gasteiger partial charge in [-0.25, -0.2) is 0 Å². The number of nitrogens with two attached hydrogens (primary N) is 1. The van der Waals surface area contributed by atoms with E-state index in [1.807, 2.05) is 0 Å². The molecule has 2 bridgehead atoms. The van der Waals surface area contributed by atoms with Gasteiger partial charge in [-0.1, -0.05) is 0 Å². The topological polar surface area (TPSA) is 64.4 Å². The van der Waals surface area contributed by atoms with Crippen LogP contribution in [0.25, 0.3) is 0 Å². The molecule has 1 amide bonds. The van der Waals surface area contributed by atoms with Crippen molar-refractivity contribution in [2.45, 2.75) is 44.4 Å². The van der Waals surface area contributed by atoms with E-state index in [9.17, 15) is 4.79 Å². The monoisotopic (exact) mass is 198 g/mol. The molecular formula is C10H18N2O2. The molecule has 2 heterocycles. The fourth-order valence-electron chi connectivity index (χ4n) is 2.35. The Bertz CT molecular complexity index is 230. The van der Waals surface area contributed by atoms with Gasteiger partial charge in [0.15, 0.2) is 0 Å². The Morgan fingerprint density at radius 1 is 1.64 bits per heavy atom. The van der Waals surface area contributed by atoms with Gasteiger partial charge in [0, 0.05) is 12.5 Å². The molecule has 4 heteroatoms. The highest BCUT2D eigenvalue weighted by Crippen LogP contribution is 2.38. The summed E-state index contributed by atoms with van der Waals surface area (Å²) in [6.07, 6.45) is 4.29. The first-order chi connectivity index (χ1) is 6.66. The minimum Gasteiger partial charge on any atom is -0.375 e. The van der Waals surface area contributed by atoms with Gasteiger partial charge >= 0.3 is 0 Å². The first-order valence-corrected chi connectivity index (χ1v) is 5.35. The third-order valence-electron chi connectivity index (χ3n) is 3.18. The van der Waals surface area contributed by atoms with Gasteiger partial charge in [-0.2, -0.15) is 0 Å². The molecule has 0 unspecified atom stereocenters. The van der Waals surface area contributed by atoms with E-state index in [1.54, 1.807) is 6.92 Å². The molecule has 2 saturated heterocycles. The number of carbonyl (C=O) groups excluding carboxylic acids is 1. The standard InChI is InChI=1S/C10H18N2O2/c1-6(11)10(13)12-5-7-4-8-2-3-9(7)14-8/h6-9H,2-5,11H2,1H3,(H,12,13)/t6-,7+,8+,9-/m1/s1. The zero-order chi connectivity index (χ0) is 10.1. The molecule has 0 saturated carbocycles. The Kier molecular flexibility index (Phi) is 2.74. The Labute approximate surface area is 84.2 Å². The summed E-state index contributed by atoms with van der Waals surface area (Å²) in [5, 5.41) is 2.86. The number of carbonyl (C=O) groups is 1. The van der Waals surface area contributed by atoms with Crippen LogP contribution in [0, 0.1) is 5.92 Å². The predicted molar refractivity (Wildman–Crippen MR) is 52.7 cm³/mol. The minimum absolute atomic E-state index is 0.0622. The van der Waals surface area contributed by atoms with Crippen LogP contribution in [-0.2, 0) is 9.53 Å². The van der Waals surface area contributed by atoms with E-state index in [4.69, 9.17) is 10.5 Å². The molecule has 0 aromatic carbocycles. The third kappa shape index (κ3) is 1.91. The molecular weight excluding hydrogens is 180 g/mol. The zero-order valence-corrected chi connectivity index (χ0v) is 8.53. The van der Waals surface area contributed by atoms with Crippen molar-refractivity contribution in [3.05, 3.63) is 0 Å². The molecule has 2 aliphatic rings. The summed E-state index contributed by atoms with van der Waals surface area (Å²) >= 11 is 0. The highest BCUT2D eigenvalue weighted by molar-refractivity contribution is 5.80. The number of ether oxygens (including phenoxy) is 1.